The van der Waals surface area contributed by atoms with Gasteiger partial charge in [0.1, 0.15) is 0 Å². The van der Waals surface area contributed by atoms with Crippen molar-refractivity contribution >= 4 is 33.6 Å². The van der Waals surface area contributed by atoms with Crippen LogP contribution in [0.25, 0.3) is 0 Å². The van der Waals surface area contributed by atoms with Crippen molar-refractivity contribution in [3.63, 3.8) is 0 Å². The summed E-state index contributed by atoms with van der Waals surface area (Å²) in [6.07, 6.45) is 3.37. The van der Waals surface area contributed by atoms with E-state index in [0.29, 0.717) is 6.42 Å². The molecule has 6 nitrogen and oxygen atoms in total. The van der Waals surface area contributed by atoms with E-state index in [-0.39, 0.29) is 23.8 Å². The molecule has 0 fully saturated rings. The average Bonchev–Trinajstić information content (AvgIpc) is 2.45. The number of carbonyl (C=O) groups excluding carboxylic acids is 1. The molecule has 1 aromatic carbocycles. The number of aromatic carboxylic acids is 1. The fraction of sp³-hybridized carbons (Fsp3) is 0.143. The van der Waals surface area contributed by atoms with E-state index >= 15 is 0 Å². The number of hydrogen-bond acceptors (Lipinski definition) is 4. The highest BCUT2D eigenvalue weighted by atomic mass is 79.9. The lowest BCUT2D eigenvalue weighted by molar-refractivity contribution is -0.116. The summed E-state index contributed by atoms with van der Waals surface area (Å²) in [6, 6.07) is 7.64. The van der Waals surface area contributed by atoms with Crippen LogP contribution in [0.15, 0.2) is 41.1 Å². The highest BCUT2D eigenvalue weighted by Crippen LogP contribution is 2.14. The molecule has 0 aliphatic carbocycles. The molecule has 0 saturated heterocycles. The van der Waals surface area contributed by atoms with E-state index < -0.39 is 5.97 Å². The number of amides is 1. The largest absolute Gasteiger partial charge is 0.476 e. The van der Waals surface area contributed by atoms with Gasteiger partial charge in [0.25, 0.3) is 0 Å². The lowest BCUT2D eigenvalue weighted by Crippen LogP contribution is -2.17. The molecule has 0 saturated carbocycles. The lowest BCUT2D eigenvalue weighted by Gasteiger charge is -2.06. The van der Waals surface area contributed by atoms with E-state index in [1.165, 1.54) is 12.4 Å². The molecule has 1 aromatic heterocycles. The molecule has 0 atom stereocenters. The van der Waals surface area contributed by atoms with Crippen LogP contribution in [-0.2, 0) is 11.2 Å². The quantitative estimate of drug-likeness (QED) is 0.865. The molecular weight excluding hydrogens is 338 g/mol. The highest BCUT2D eigenvalue weighted by molar-refractivity contribution is 9.10. The standard InChI is InChI=1S/C14H12BrN3O3/c15-10-3-1-2-9(8-10)4-5-11(19)18-13-12(14(20)21)16-6-7-17-13/h1-3,6-8H,4-5H2,(H,20,21)(H,17,18,19). The first-order valence-electron chi connectivity index (χ1n) is 6.15. The molecule has 1 amide bonds. The molecule has 21 heavy (non-hydrogen) atoms. The molecule has 108 valence electrons. The fourth-order valence-corrected chi connectivity index (χ4v) is 2.18. The zero-order chi connectivity index (χ0) is 15.2. The fourth-order valence-electron chi connectivity index (χ4n) is 1.73. The number of carboxylic acid groups (broad SMARTS) is 1. The Morgan fingerprint density at radius 3 is 2.71 bits per heavy atom. The number of nitrogens with one attached hydrogen (secondary N) is 1. The SMILES string of the molecule is O=C(CCc1cccc(Br)c1)Nc1nccnc1C(=O)O. The van der Waals surface area contributed by atoms with E-state index in [9.17, 15) is 9.59 Å². The van der Waals surface area contributed by atoms with Gasteiger partial charge in [-0.1, -0.05) is 28.1 Å². The van der Waals surface area contributed by atoms with E-state index in [2.05, 4.69) is 31.2 Å². The van der Waals surface area contributed by atoms with Gasteiger partial charge in [-0.3, -0.25) is 4.79 Å². The normalized spacial score (nSPS) is 10.1. The van der Waals surface area contributed by atoms with Gasteiger partial charge < -0.3 is 10.4 Å². The van der Waals surface area contributed by atoms with Crippen molar-refractivity contribution < 1.29 is 14.7 Å². The number of carbonyl (C=O) groups is 2. The predicted molar refractivity (Wildman–Crippen MR) is 80.1 cm³/mol. The molecular formula is C14H12BrN3O3. The molecule has 2 aromatic rings. The summed E-state index contributed by atoms with van der Waals surface area (Å²) in [6.45, 7) is 0. The third-order valence-electron chi connectivity index (χ3n) is 2.69. The first-order chi connectivity index (χ1) is 10.1. The van der Waals surface area contributed by atoms with Gasteiger partial charge in [-0.2, -0.15) is 0 Å². The molecule has 0 unspecified atom stereocenters. The van der Waals surface area contributed by atoms with Crippen LogP contribution in [0.1, 0.15) is 22.5 Å². The van der Waals surface area contributed by atoms with Crippen LogP contribution in [0.2, 0.25) is 0 Å². The van der Waals surface area contributed by atoms with Gasteiger partial charge in [0.15, 0.2) is 11.5 Å². The summed E-state index contributed by atoms with van der Waals surface area (Å²) >= 11 is 3.36. The number of rotatable bonds is 5. The third-order valence-corrected chi connectivity index (χ3v) is 3.18. The maximum absolute atomic E-state index is 11.9. The van der Waals surface area contributed by atoms with Crippen LogP contribution in [0.3, 0.4) is 0 Å². The van der Waals surface area contributed by atoms with Gasteiger partial charge >= 0.3 is 5.97 Å². The maximum atomic E-state index is 11.9. The van der Waals surface area contributed by atoms with E-state index in [1.54, 1.807) is 0 Å². The second-order valence-corrected chi connectivity index (χ2v) is 5.15. The predicted octanol–water partition coefficient (Wildman–Crippen LogP) is 2.51. The molecule has 0 bridgehead atoms. The first-order valence-corrected chi connectivity index (χ1v) is 6.94. The first kappa shape index (κ1) is 15.1. The second-order valence-electron chi connectivity index (χ2n) is 4.24. The van der Waals surface area contributed by atoms with Crippen molar-refractivity contribution in [3.8, 4) is 0 Å². The summed E-state index contributed by atoms with van der Waals surface area (Å²) < 4.78 is 0.947. The number of nitrogens with zero attached hydrogens (tertiary/aromatic N) is 2. The van der Waals surface area contributed by atoms with Crippen molar-refractivity contribution in [1.82, 2.24) is 9.97 Å². The Kier molecular flexibility index (Phi) is 4.99. The number of aromatic nitrogens is 2. The Morgan fingerprint density at radius 1 is 1.24 bits per heavy atom. The smallest absolute Gasteiger partial charge is 0.358 e. The Balaban J connectivity index is 1.98. The topological polar surface area (TPSA) is 92.2 Å². The minimum atomic E-state index is -1.23. The molecule has 0 aliphatic rings. The van der Waals surface area contributed by atoms with Gasteiger partial charge in [0.2, 0.25) is 5.91 Å². The molecule has 0 spiro atoms. The Labute approximate surface area is 129 Å². The molecule has 1 heterocycles. The molecule has 2 rings (SSSR count). The second kappa shape index (κ2) is 6.94. The lowest BCUT2D eigenvalue weighted by atomic mass is 10.1. The zero-order valence-corrected chi connectivity index (χ0v) is 12.5. The Morgan fingerprint density at radius 2 is 2.00 bits per heavy atom. The third kappa shape index (κ3) is 4.35. The van der Waals surface area contributed by atoms with Crippen LogP contribution >= 0.6 is 15.9 Å². The van der Waals surface area contributed by atoms with Crippen molar-refractivity contribution in [2.75, 3.05) is 5.32 Å². The Hall–Kier alpha value is -2.28. The van der Waals surface area contributed by atoms with Crippen LogP contribution in [-0.4, -0.2) is 27.0 Å². The van der Waals surface area contributed by atoms with Crippen LogP contribution in [0, 0.1) is 0 Å². The monoisotopic (exact) mass is 349 g/mol. The van der Waals surface area contributed by atoms with Crippen molar-refractivity contribution in [2.24, 2.45) is 0 Å². The summed E-state index contributed by atoms with van der Waals surface area (Å²) in [4.78, 5) is 30.3. The minimum absolute atomic E-state index is 0.0377. The summed E-state index contributed by atoms with van der Waals surface area (Å²) in [5, 5.41) is 11.4. The summed E-state index contributed by atoms with van der Waals surface area (Å²) in [5.41, 5.74) is 0.741. The van der Waals surface area contributed by atoms with Crippen LogP contribution in [0.5, 0.6) is 0 Å². The van der Waals surface area contributed by atoms with Crippen molar-refractivity contribution in [2.45, 2.75) is 12.8 Å². The number of carboxylic acids is 1. The molecule has 0 aliphatic heterocycles. The van der Waals surface area contributed by atoms with Crippen molar-refractivity contribution in [3.05, 3.63) is 52.4 Å². The summed E-state index contributed by atoms with van der Waals surface area (Å²) in [5.74, 6) is -1.58. The number of aryl methyl sites for hydroxylation is 1. The van der Waals surface area contributed by atoms with Crippen LogP contribution in [0.4, 0.5) is 5.82 Å². The number of anilines is 1. The Bertz CT molecular complexity index is 676. The van der Waals surface area contributed by atoms with Gasteiger partial charge in [-0.25, -0.2) is 14.8 Å². The maximum Gasteiger partial charge on any atom is 0.358 e. The van der Waals surface area contributed by atoms with Gasteiger partial charge in [0, 0.05) is 23.3 Å². The number of benzene rings is 1. The van der Waals surface area contributed by atoms with E-state index in [0.717, 1.165) is 10.0 Å². The number of hydrogen-bond donors (Lipinski definition) is 2. The number of halogens is 1. The highest BCUT2D eigenvalue weighted by Gasteiger charge is 2.14. The summed E-state index contributed by atoms with van der Waals surface area (Å²) in [7, 11) is 0. The molecule has 2 N–H and O–H groups in total. The zero-order valence-electron chi connectivity index (χ0n) is 10.9. The minimum Gasteiger partial charge on any atom is -0.476 e. The van der Waals surface area contributed by atoms with E-state index in [1.807, 2.05) is 24.3 Å². The van der Waals surface area contributed by atoms with Crippen LogP contribution < -0.4 is 5.32 Å². The van der Waals surface area contributed by atoms with Crippen molar-refractivity contribution in [1.29, 1.82) is 0 Å². The average molecular weight is 350 g/mol. The van der Waals surface area contributed by atoms with E-state index in [4.69, 9.17) is 5.11 Å². The molecule has 0 radical (unpaired) electrons. The van der Waals surface area contributed by atoms with Gasteiger partial charge in [-0.15, -0.1) is 0 Å². The van der Waals surface area contributed by atoms with Gasteiger partial charge in [0.05, 0.1) is 0 Å². The van der Waals surface area contributed by atoms with Gasteiger partial charge in [-0.05, 0) is 24.1 Å². The molecule has 7 heteroatoms.